The van der Waals surface area contributed by atoms with Crippen molar-refractivity contribution in [1.29, 1.82) is 0 Å². The number of nitrogens with one attached hydrogen (secondary N) is 1. The van der Waals surface area contributed by atoms with Gasteiger partial charge in [0, 0.05) is 60.5 Å². The number of carbonyl (C=O) groups excluding carboxylic acids is 1. The molecule has 272 valence electrons. The van der Waals surface area contributed by atoms with Crippen LogP contribution < -0.4 is 14.8 Å². The van der Waals surface area contributed by atoms with Gasteiger partial charge in [0.1, 0.15) is 46.2 Å². The summed E-state index contributed by atoms with van der Waals surface area (Å²) in [4.78, 5) is 22.1. The minimum atomic E-state index is -0.0104. The minimum absolute atomic E-state index is 0. The topological polar surface area (TPSA) is 126 Å². The van der Waals surface area contributed by atoms with Crippen LogP contribution in [0.3, 0.4) is 0 Å². The fourth-order valence-electron chi connectivity index (χ4n) is 8.04. The summed E-state index contributed by atoms with van der Waals surface area (Å²) in [5, 5.41) is 22.4. The van der Waals surface area contributed by atoms with Crippen LogP contribution in [-0.2, 0) is 4.79 Å². The predicted octanol–water partition coefficient (Wildman–Crippen LogP) is 6.74. The highest BCUT2D eigenvalue weighted by molar-refractivity contribution is 5.87. The third-order valence-corrected chi connectivity index (χ3v) is 11.5. The van der Waals surface area contributed by atoms with E-state index in [9.17, 15) is 15.0 Å². The quantitative estimate of drug-likeness (QED) is 0.156. The lowest BCUT2D eigenvalue weighted by Gasteiger charge is -2.59. The van der Waals surface area contributed by atoms with E-state index in [4.69, 9.17) is 9.47 Å². The number of rotatable bonds is 7. The van der Waals surface area contributed by atoms with E-state index in [-0.39, 0.29) is 42.5 Å². The SMILES string of the molecule is C.C=CC(=O)N1CC2(CCC2Oc2cc(-c3ccc(O)cc3)cn3cncc23)C1.Oc1ccc(-c2cc(OC3CCC34CNC4)c3cncn3c2)cc1. The first-order valence-electron chi connectivity index (χ1n) is 17.8. The molecule has 4 fully saturated rings. The molecule has 0 bridgehead atoms. The average Bonchev–Trinajstić information content (AvgIpc) is 3.78. The molecule has 2 saturated carbocycles. The van der Waals surface area contributed by atoms with E-state index >= 15 is 0 Å². The van der Waals surface area contributed by atoms with Crippen molar-refractivity contribution in [3.63, 3.8) is 0 Å². The monoisotopic (exact) mass is 712 g/mol. The molecule has 53 heavy (non-hydrogen) atoms. The Morgan fingerprint density at radius 1 is 0.755 bits per heavy atom. The van der Waals surface area contributed by atoms with Crippen molar-refractivity contribution in [2.75, 3.05) is 26.2 Å². The fourth-order valence-corrected chi connectivity index (χ4v) is 8.04. The summed E-state index contributed by atoms with van der Waals surface area (Å²) in [6.45, 7) is 7.15. The van der Waals surface area contributed by atoms with Gasteiger partial charge in [-0.05, 0) is 79.3 Å². The molecule has 2 saturated heterocycles. The molecule has 2 atom stereocenters. The van der Waals surface area contributed by atoms with E-state index in [1.54, 1.807) is 43.1 Å². The van der Waals surface area contributed by atoms with Gasteiger partial charge in [0.2, 0.25) is 5.91 Å². The predicted molar refractivity (Wildman–Crippen MR) is 203 cm³/mol. The number of hydrogen-bond acceptors (Lipinski definition) is 8. The van der Waals surface area contributed by atoms with Crippen molar-refractivity contribution < 1.29 is 24.5 Å². The molecule has 11 heteroatoms. The minimum Gasteiger partial charge on any atom is -0.508 e. The highest BCUT2D eigenvalue weighted by Crippen LogP contribution is 2.51. The molecular formula is C42H44N6O5. The van der Waals surface area contributed by atoms with Gasteiger partial charge < -0.3 is 38.7 Å². The lowest BCUT2D eigenvalue weighted by atomic mass is 9.61. The molecule has 2 aliphatic heterocycles. The summed E-state index contributed by atoms with van der Waals surface area (Å²) in [6, 6.07) is 18.5. The Balaban J connectivity index is 0.000000150. The number of amides is 1. The molecule has 4 aromatic heterocycles. The van der Waals surface area contributed by atoms with Crippen molar-refractivity contribution in [1.82, 2.24) is 29.0 Å². The molecule has 1 amide bonds. The molecule has 4 aliphatic rings. The second-order valence-corrected chi connectivity index (χ2v) is 14.7. The van der Waals surface area contributed by atoms with E-state index in [0.29, 0.717) is 5.41 Å². The number of ether oxygens (including phenoxy) is 2. The van der Waals surface area contributed by atoms with E-state index in [0.717, 1.165) is 90.2 Å². The standard InChI is InChI=1S/C22H21N3O3.C19H19N3O2.CH4/c1-2-21(27)25-12-22(13-25)8-7-20(22)28-19-9-16(11-24-14-23-10-18(19)24)15-3-5-17(26)6-4-15;23-15-3-1-13(2-4-15)14-7-17(16-8-20-12-22(16)9-14)24-18-5-6-19(18)10-21-11-19;/h2-6,9-11,14,20,26H,1,7-8,12-13H2;1-4,7-9,12,18,21,23H,5-6,10-11H2;1H4. The Morgan fingerprint density at radius 2 is 1.23 bits per heavy atom. The molecule has 6 heterocycles. The van der Waals surface area contributed by atoms with Crippen LogP contribution in [0.4, 0.5) is 0 Å². The average molecular weight is 713 g/mol. The second kappa shape index (κ2) is 13.3. The number of aromatic hydroxyl groups is 2. The number of hydrogen-bond donors (Lipinski definition) is 3. The number of aromatic nitrogens is 4. The first-order valence-corrected chi connectivity index (χ1v) is 17.8. The van der Waals surface area contributed by atoms with Crippen molar-refractivity contribution in [3.8, 4) is 45.3 Å². The number of phenols is 2. The smallest absolute Gasteiger partial charge is 0.245 e. The number of phenolic OH excluding ortho intramolecular Hbond substituents is 2. The van der Waals surface area contributed by atoms with Crippen LogP contribution in [0, 0.1) is 10.8 Å². The van der Waals surface area contributed by atoms with Crippen molar-refractivity contribution in [2.45, 2.75) is 45.3 Å². The highest BCUT2D eigenvalue weighted by atomic mass is 16.5. The molecule has 2 spiro atoms. The molecule has 2 unspecified atom stereocenters. The highest BCUT2D eigenvalue weighted by Gasteiger charge is 2.57. The van der Waals surface area contributed by atoms with Gasteiger partial charge in [-0.25, -0.2) is 9.97 Å². The first-order chi connectivity index (χ1) is 25.3. The summed E-state index contributed by atoms with van der Waals surface area (Å²) in [6.07, 6.45) is 17.4. The summed E-state index contributed by atoms with van der Waals surface area (Å²) in [5.74, 6) is 2.18. The Hall–Kier alpha value is -5.81. The van der Waals surface area contributed by atoms with E-state index in [2.05, 4.69) is 27.9 Å². The molecular weight excluding hydrogens is 668 g/mol. The van der Waals surface area contributed by atoms with Gasteiger partial charge in [-0.3, -0.25) is 4.79 Å². The molecule has 0 radical (unpaired) electrons. The number of benzene rings is 2. The summed E-state index contributed by atoms with van der Waals surface area (Å²) >= 11 is 0. The third-order valence-electron chi connectivity index (χ3n) is 11.5. The van der Waals surface area contributed by atoms with Crippen LogP contribution in [0.5, 0.6) is 23.0 Å². The zero-order chi connectivity index (χ0) is 35.5. The number of nitrogens with zero attached hydrogens (tertiary/aromatic N) is 5. The summed E-state index contributed by atoms with van der Waals surface area (Å²) in [5.41, 5.74) is 6.39. The van der Waals surface area contributed by atoms with E-state index in [1.165, 1.54) is 12.5 Å². The van der Waals surface area contributed by atoms with E-state index in [1.807, 2.05) is 62.6 Å². The molecule has 10 rings (SSSR count). The van der Waals surface area contributed by atoms with Gasteiger partial charge in [-0.2, -0.15) is 0 Å². The van der Waals surface area contributed by atoms with Gasteiger partial charge in [0.05, 0.1) is 25.0 Å². The number of fused-ring (bicyclic) bond motifs is 2. The second-order valence-electron chi connectivity index (χ2n) is 14.7. The molecule has 6 aromatic rings. The van der Waals surface area contributed by atoms with E-state index < -0.39 is 0 Å². The summed E-state index contributed by atoms with van der Waals surface area (Å²) in [7, 11) is 0. The Kier molecular flexibility index (Phi) is 8.61. The summed E-state index contributed by atoms with van der Waals surface area (Å²) < 4.78 is 16.8. The van der Waals surface area contributed by atoms with Gasteiger partial charge in [-0.1, -0.05) is 38.3 Å². The van der Waals surface area contributed by atoms with Crippen LogP contribution in [0.25, 0.3) is 33.3 Å². The number of pyridine rings is 2. The largest absolute Gasteiger partial charge is 0.508 e. The van der Waals surface area contributed by atoms with Crippen LogP contribution in [0.15, 0.2) is 111 Å². The number of likely N-dealkylation sites (tertiary alicyclic amines) is 1. The Morgan fingerprint density at radius 3 is 1.62 bits per heavy atom. The molecule has 3 N–H and O–H groups in total. The van der Waals surface area contributed by atoms with Gasteiger partial charge in [0.15, 0.2) is 0 Å². The lowest BCUT2D eigenvalue weighted by Crippen LogP contribution is -2.69. The van der Waals surface area contributed by atoms with Gasteiger partial charge in [-0.15, -0.1) is 0 Å². The first kappa shape index (κ1) is 34.3. The number of carbonyl (C=O) groups is 1. The molecule has 2 aliphatic carbocycles. The lowest BCUT2D eigenvalue weighted by molar-refractivity contribution is -0.165. The Bertz CT molecular complexity index is 2280. The van der Waals surface area contributed by atoms with Crippen LogP contribution in [0.1, 0.15) is 33.1 Å². The van der Waals surface area contributed by atoms with Crippen LogP contribution in [0.2, 0.25) is 0 Å². The zero-order valence-electron chi connectivity index (χ0n) is 28.7. The molecule has 2 aromatic carbocycles. The zero-order valence-corrected chi connectivity index (χ0v) is 28.7. The third kappa shape index (κ3) is 6.04. The van der Waals surface area contributed by atoms with Crippen LogP contribution in [-0.4, -0.2) is 78.2 Å². The van der Waals surface area contributed by atoms with Crippen molar-refractivity contribution in [3.05, 3.63) is 111 Å². The Labute approximate surface area is 308 Å². The van der Waals surface area contributed by atoms with Crippen LogP contribution >= 0.6 is 0 Å². The maximum absolute atomic E-state index is 11.8. The fraction of sp³-hybridized carbons (Fsp3) is 0.310. The molecule has 11 nitrogen and oxygen atoms in total. The maximum atomic E-state index is 11.8. The number of imidazole rings is 2. The van der Waals surface area contributed by atoms with Gasteiger partial charge >= 0.3 is 0 Å². The van der Waals surface area contributed by atoms with Gasteiger partial charge in [0.25, 0.3) is 0 Å². The normalized spacial score (nSPS) is 20.2. The maximum Gasteiger partial charge on any atom is 0.245 e. The van der Waals surface area contributed by atoms with Crippen molar-refractivity contribution in [2.24, 2.45) is 10.8 Å². The van der Waals surface area contributed by atoms with Crippen molar-refractivity contribution >= 4 is 16.9 Å².